The van der Waals surface area contributed by atoms with Crippen molar-refractivity contribution < 1.29 is 13.6 Å². The number of aromatic nitrogens is 3. The predicted octanol–water partition coefficient (Wildman–Crippen LogP) is 3.08. The highest BCUT2D eigenvalue weighted by molar-refractivity contribution is 6.30. The van der Waals surface area contributed by atoms with Crippen molar-refractivity contribution in [3.8, 4) is 5.69 Å². The van der Waals surface area contributed by atoms with Crippen molar-refractivity contribution in [1.82, 2.24) is 20.1 Å². The van der Waals surface area contributed by atoms with Crippen LogP contribution in [0, 0.1) is 11.6 Å². The van der Waals surface area contributed by atoms with Crippen LogP contribution in [-0.4, -0.2) is 27.2 Å². The van der Waals surface area contributed by atoms with Crippen LogP contribution in [0.15, 0.2) is 36.7 Å². The minimum absolute atomic E-state index is 0.136. The van der Waals surface area contributed by atoms with Gasteiger partial charge in [-0.2, -0.15) is 5.10 Å². The molecule has 3 aromatic rings. The monoisotopic (exact) mass is 374 g/mol. The molecule has 2 aromatic heterocycles. The normalized spacial score (nSPS) is 13.4. The van der Waals surface area contributed by atoms with Crippen molar-refractivity contribution in [2.75, 3.05) is 6.54 Å². The van der Waals surface area contributed by atoms with Crippen molar-refractivity contribution in [2.45, 2.75) is 12.8 Å². The molecule has 0 saturated carbocycles. The number of amides is 1. The van der Waals surface area contributed by atoms with Crippen LogP contribution in [0.3, 0.4) is 0 Å². The summed E-state index contributed by atoms with van der Waals surface area (Å²) < 4.78 is 28.6. The number of benzene rings is 1. The average Bonchev–Trinajstić information content (AvgIpc) is 3.05. The molecular weight excluding hydrogens is 362 g/mol. The van der Waals surface area contributed by atoms with Gasteiger partial charge in [-0.15, -0.1) is 0 Å². The molecule has 1 aromatic carbocycles. The molecule has 0 aliphatic carbocycles. The Morgan fingerprint density at radius 2 is 2.12 bits per heavy atom. The van der Waals surface area contributed by atoms with Crippen LogP contribution < -0.4 is 5.32 Å². The van der Waals surface area contributed by atoms with E-state index in [0.717, 1.165) is 17.4 Å². The molecule has 26 heavy (non-hydrogen) atoms. The number of nitrogens with one attached hydrogen (secondary N) is 1. The summed E-state index contributed by atoms with van der Waals surface area (Å²) in [6.07, 6.45) is 4.12. The van der Waals surface area contributed by atoms with Crippen LogP contribution in [0.25, 0.3) is 5.69 Å². The van der Waals surface area contributed by atoms with Gasteiger partial charge in [0.25, 0.3) is 5.91 Å². The number of carbonyl (C=O) groups is 1. The third-order valence-corrected chi connectivity index (χ3v) is 4.51. The van der Waals surface area contributed by atoms with Crippen molar-refractivity contribution >= 4 is 17.5 Å². The zero-order chi connectivity index (χ0) is 18.3. The van der Waals surface area contributed by atoms with E-state index in [-0.39, 0.29) is 17.4 Å². The lowest BCUT2D eigenvalue weighted by Gasteiger charge is -2.15. The van der Waals surface area contributed by atoms with E-state index in [1.807, 2.05) is 0 Å². The van der Waals surface area contributed by atoms with E-state index >= 15 is 0 Å². The summed E-state index contributed by atoms with van der Waals surface area (Å²) in [6.45, 7) is 0.558. The first-order valence-electron chi connectivity index (χ1n) is 7.97. The van der Waals surface area contributed by atoms with E-state index in [9.17, 15) is 13.6 Å². The number of hydrogen-bond donors (Lipinski definition) is 1. The van der Waals surface area contributed by atoms with E-state index in [4.69, 9.17) is 11.6 Å². The fourth-order valence-corrected chi connectivity index (χ4v) is 3.26. The van der Waals surface area contributed by atoms with Crippen LogP contribution in [0.5, 0.6) is 0 Å². The maximum atomic E-state index is 13.5. The second-order valence-corrected chi connectivity index (χ2v) is 6.39. The molecule has 1 aliphatic rings. The highest BCUT2D eigenvalue weighted by atomic mass is 35.5. The van der Waals surface area contributed by atoms with Gasteiger partial charge in [-0.25, -0.2) is 13.5 Å². The summed E-state index contributed by atoms with van der Waals surface area (Å²) in [4.78, 5) is 16.1. The summed E-state index contributed by atoms with van der Waals surface area (Å²) >= 11 is 5.70. The number of pyridine rings is 1. The lowest BCUT2D eigenvalue weighted by atomic mass is 10.1. The van der Waals surface area contributed by atoms with Gasteiger partial charge in [-0.3, -0.25) is 9.78 Å². The number of hydrogen-bond acceptors (Lipinski definition) is 3. The molecule has 0 atom stereocenters. The molecular formula is C18H13ClF2N4O. The number of fused-ring (bicyclic) bond motifs is 1. The van der Waals surface area contributed by atoms with Gasteiger partial charge < -0.3 is 5.32 Å². The molecule has 1 N–H and O–H groups in total. The topological polar surface area (TPSA) is 59.8 Å². The van der Waals surface area contributed by atoms with E-state index in [0.29, 0.717) is 29.8 Å². The van der Waals surface area contributed by atoms with E-state index < -0.39 is 11.6 Å². The highest BCUT2D eigenvalue weighted by Gasteiger charge is 2.22. The van der Waals surface area contributed by atoms with E-state index in [2.05, 4.69) is 15.4 Å². The maximum Gasteiger partial charge on any atom is 0.254 e. The molecule has 0 bridgehead atoms. The van der Waals surface area contributed by atoms with Crippen molar-refractivity contribution in [2.24, 2.45) is 0 Å². The molecule has 5 nitrogen and oxygen atoms in total. The van der Waals surface area contributed by atoms with Crippen LogP contribution in [0.2, 0.25) is 5.02 Å². The predicted molar refractivity (Wildman–Crippen MR) is 91.6 cm³/mol. The average molecular weight is 375 g/mol. The van der Waals surface area contributed by atoms with Gasteiger partial charge in [0.05, 0.1) is 28.2 Å². The van der Waals surface area contributed by atoms with E-state index in [1.54, 1.807) is 29.2 Å². The Balaban J connectivity index is 1.67. The van der Waals surface area contributed by atoms with Gasteiger partial charge >= 0.3 is 0 Å². The summed E-state index contributed by atoms with van der Waals surface area (Å²) in [7, 11) is 0. The van der Waals surface area contributed by atoms with E-state index in [1.165, 1.54) is 6.07 Å². The lowest BCUT2D eigenvalue weighted by Crippen LogP contribution is -2.32. The summed E-state index contributed by atoms with van der Waals surface area (Å²) in [6, 6.07) is 6.07. The quantitative estimate of drug-likeness (QED) is 0.717. The van der Waals surface area contributed by atoms with Gasteiger partial charge in [0.2, 0.25) is 0 Å². The molecule has 0 saturated heterocycles. The second kappa shape index (κ2) is 6.49. The van der Waals surface area contributed by atoms with Gasteiger partial charge in [-0.05, 0) is 29.8 Å². The standard InChI is InChI=1S/C18H13ClF2N4O/c19-14-6-10(7-15(20)17(14)21)5-11-8-12(1-3-22-11)25-16-2-4-23-18(26)13(16)9-24-25/h1,3,6-9H,2,4-5H2,(H,23,26). The lowest BCUT2D eigenvalue weighted by molar-refractivity contribution is 0.0945. The Morgan fingerprint density at radius 3 is 2.92 bits per heavy atom. The Kier molecular flexibility index (Phi) is 4.16. The fourth-order valence-electron chi connectivity index (χ4n) is 3.03. The van der Waals surface area contributed by atoms with Gasteiger partial charge in [0.15, 0.2) is 11.6 Å². The molecule has 1 aliphatic heterocycles. The van der Waals surface area contributed by atoms with Crippen molar-refractivity contribution in [3.63, 3.8) is 0 Å². The Morgan fingerprint density at radius 1 is 1.27 bits per heavy atom. The zero-order valence-electron chi connectivity index (χ0n) is 13.5. The van der Waals surface area contributed by atoms with Gasteiger partial charge in [0, 0.05) is 31.3 Å². The molecule has 1 amide bonds. The number of halogens is 3. The molecule has 0 radical (unpaired) electrons. The minimum atomic E-state index is -1.06. The molecule has 3 heterocycles. The minimum Gasteiger partial charge on any atom is -0.352 e. The van der Waals surface area contributed by atoms with Crippen LogP contribution in [-0.2, 0) is 12.8 Å². The van der Waals surface area contributed by atoms with Gasteiger partial charge in [0.1, 0.15) is 0 Å². The molecule has 0 spiro atoms. The Bertz CT molecular complexity index is 995. The third kappa shape index (κ3) is 2.94. The summed E-state index contributed by atoms with van der Waals surface area (Å²) in [5.74, 6) is -2.18. The first-order valence-corrected chi connectivity index (χ1v) is 8.34. The van der Waals surface area contributed by atoms with Crippen LogP contribution >= 0.6 is 11.6 Å². The number of nitrogens with zero attached hydrogens (tertiary/aromatic N) is 3. The van der Waals surface area contributed by atoms with Gasteiger partial charge in [-0.1, -0.05) is 11.6 Å². The zero-order valence-corrected chi connectivity index (χ0v) is 14.2. The SMILES string of the molecule is O=C1NCCc2c1cnn2-c1ccnc(Cc2cc(F)c(F)c(Cl)c2)c1. The molecule has 0 fully saturated rings. The molecule has 4 rings (SSSR count). The molecule has 132 valence electrons. The molecule has 0 unspecified atom stereocenters. The third-order valence-electron chi connectivity index (χ3n) is 4.23. The number of rotatable bonds is 3. The van der Waals surface area contributed by atoms with Crippen molar-refractivity contribution in [1.29, 1.82) is 0 Å². The van der Waals surface area contributed by atoms with Crippen LogP contribution in [0.4, 0.5) is 8.78 Å². The van der Waals surface area contributed by atoms with Crippen LogP contribution in [0.1, 0.15) is 27.3 Å². The Labute approximate surface area is 152 Å². The maximum absolute atomic E-state index is 13.5. The smallest absolute Gasteiger partial charge is 0.254 e. The first-order chi connectivity index (χ1) is 12.5. The first kappa shape index (κ1) is 16.7. The molecule has 8 heteroatoms. The number of carbonyl (C=O) groups excluding carboxylic acids is 1. The summed E-state index contributed by atoms with van der Waals surface area (Å²) in [5.41, 5.74) is 3.30. The van der Waals surface area contributed by atoms with Crippen molar-refractivity contribution in [3.05, 3.63) is 75.8 Å². The fraction of sp³-hybridized carbons (Fsp3) is 0.167. The summed E-state index contributed by atoms with van der Waals surface area (Å²) in [5, 5.41) is 6.82. The Hall–Kier alpha value is -2.80. The largest absolute Gasteiger partial charge is 0.352 e. The second-order valence-electron chi connectivity index (χ2n) is 5.98. The highest BCUT2D eigenvalue weighted by Crippen LogP contribution is 2.23.